The van der Waals surface area contributed by atoms with Gasteiger partial charge in [-0.05, 0) is 110 Å². The third-order valence-corrected chi connectivity index (χ3v) is 17.3. The van der Waals surface area contributed by atoms with Gasteiger partial charge in [0.1, 0.15) is 72.8 Å². The Morgan fingerprint density at radius 3 is 2.17 bits per heavy atom. The number of azo groups is 2. The van der Waals surface area contributed by atoms with Gasteiger partial charge in [-0.2, -0.15) is 15.3 Å². The number of Topliss-reactive ketones (excluding diaryl/α,β-unsaturated/α-hetero) is 1. The number of ketones is 1. The number of carbonyl (C=O) groups is 4. The van der Waals surface area contributed by atoms with Crippen LogP contribution in [0.3, 0.4) is 0 Å². The van der Waals surface area contributed by atoms with E-state index in [0.717, 1.165) is 35.1 Å². The van der Waals surface area contributed by atoms with E-state index in [2.05, 4.69) is 41.4 Å². The number of non-ortho nitro benzene ring substituents is 1. The Morgan fingerprint density at radius 1 is 0.757 bits per heavy atom. The largest absolute Gasteiger partial charge is 0.545 e. The number of nitrogens with one attached hydrogen (secondary N) is 2. The summed E-state index contributed by atoms with van der Waals surface area (Å²) in [6.07, 6.45) is -3.35. The van der Waals surface area contributed by atoms with Crippen molar-refractivity contribution in [3.63, 3.8) is 0 Å². The number of ether oxygens (including phenoxy) is 5. The molecule has 1 unspecified atom stereocenters. The number of hydrogen-bond donors (Lipinski definition) is 6. The number of aliphatic hydroxyl groups is 4. The van der Waals surface area contributed by atoms with Gasteiger partial charge in [0.2, 0.25) is 11.3 Å². The minimum atomic E-state index is -1.73. The SMILES string of the molecule is COc1cc(N=Nc2ccc(N(C)CCCC(=O)NCc3cn(CCOCCOC(CC(=O)CCCCCCCNC(=O)c4ccc(-c5c6ccc(=[N+](C)C)cc-6oc6cc(N(C)C)ccc56)c(C(=O)[O-])c4)O[C@H]4O[C@H](CO)[C@H](O)[C@H](O)[C@H]4O)nn3)cc2)c(C)cc1N=Nc1ccc([N+](=O)[O-])cc1. The summed E-state index contributed by atoms with van der Waals surface area (Å²) >= 11 is 0. The van der Waals surface area contributed by atoms with Crippen LogP contribution in [0.25, 0.3) is 33.4 Å². The molecule has 1 aromatic heterocycles. The number of aryl methyl sites for hydroxylation is 1. The highest BCUT2D eigenvalue weighted by molar-refractivity contribution is 6.09. The molecule has 5 aromatic carbocycles. The van der Waals surface area contributed by atoms with Crippen LogP contribution in [-0.4, -0.2) is 183 Å². The fourth-order valence-electron chi connectivity index (χ4n) is 11.4. The molecule has 0 bridgehead atoms. The number of carboxylic acids is 1. The molecule has 2 aliphatic heterocycles. The van der Waals surface area contributed by atoms with E-state index in [1.807, 2.05) is 117 Å². The minimum absolute atomic E-state index is 0.0462. The van der Waals surface area contributed by atoms with Crippen molar-refractivity contribution in [2.24, 2.45) is 20.5 Å². The molecule has 9 rings (SSSR count). The van der Waals surface area contributed by atoms with Crippen molar-refractivity contribution in [3.05, 3.63) is 159 Å². The third kappa shape index (κ3) is 21.2. The predicted molar refractivity (Wildman–Crippen MR) is 379 cm³/mol. The smallest absolute Gasteiger partial charge is 0.269 e. The first-order valence-corrected chi connectivity index (χ1v) is 33.8. The number of anilines is 2. The molecule has 6 atom stereocenters. The Labute approximate surface area is 594 Å². The van der Waals surface area contributed by atoms with Gasteiger partial charge in [-0.25, -0.2) is 9.26 Å². The van der Waals surface area contributed by atoms with Crippen molar-refractivity contribution in [1.29, 1.82) is 0 Å². The van der Waals surface area contributed by atoms with Crippen molar-refractivity contribution < 1.29 is 77.7 Å². The zero-order valence-electron chi connectivity index (χ0n) is 58.5. The number of carbonyl (C=O) groups excluding carboxylic acids is 4. The second-order valence-corrected chi connectivity index (χ2v) is 25.2. The van der Waals surface area contributed by atoms with E-state index in [0.29, 0.717) is 113 Å². The molecule has 1 saturated heterocycles. The third-order valence-electron chi connectivity index (χ3n) is 17.3. The van der Waals surface area contributed by atoms with E-state index in [9.17, 15) is 54.8 Å². The number of nitro groups is 1. The summed E-state index contributed by atoms with van der Waals surface area (Å²) in [5.41, 5.74) is 7.46. The molecule has 1 aliphatic carbocycles. The molecule has 30 nitrogen and oxygen atoms in total. The van der Waals surface area contributed by atoms with Gasteiger partial charge in [0, 0.05) is 116 Å². The topological polar surface area (TPSA) is 388 Å². The van der Waals surface area contributed by atoms with E-state index < -0.39 is 60.4 Å². The molecule has 0 spiro atoms. The van der Waals surface area contributed by atoms with Crippen LogP contribution >= 0.6 is 0 Å². The maximum absolute atomic E-state index is 13.4. The average Bonchev–Trinajstić information content (AvgIpc) is 0.915. The number of rotatable bonds is 37. The summed E-state index contributed by atoms with van der Waals surface area (Å²) < 4.78 is 38.5. The summed E-state index contributed by atoms with van der Waals surface area (Å²) in [4.78, 5) is 66.9. The Morgan fingerprint density at radius 2 is 1.47 bits per heavy atom. The van der Waals surface area contributed by atoms with Gasteiger partial charge < -0.3 is 78.9 Å². The van der Waals surface area contributed by atoms with Gasteiger partial charge in [-0.1, -0.05) is 30.5 Å². The number of hydrogen-bond acceptors (Lipinski definition) is 25. The average molecular weight is 1420 g/mol. The number of aliphatic hydroxyl groups excluding tert-OH is 4. The Bertz CT molecular complexity index is 4330. The molecular weight excluding hydrogens is 1330 g/mol. The van der Waals surface area contributed by atoms with Gasteiger partial charge >= 0.3 is 0 Å². The maximum Gasteiger partial charge on any atom is 0.269 e. The lowest BCUT2D eigenvalue weighted by Gasteiger charge is -2.40. The van der Waals surface area contributed by atoms with Crippen LogP contribution in [0.15, 0.2) is 146 Å². The molecule has 103 heavy (non-hydrogen) atoms. The van der Waals surface area contributed by atoms with Crippen LogP contribution in [0.5, 0.6) is 5.75 Å². The molecule has 546 valence electrons. The number of carboxylic acid groups (broad SMARTS) is 1. The number of unbranched alkanes of at least 4 members (excludes halogenated alkanes) is 4. The lowest BCUT2D eigenvalue weighted by Crippen LogP contribution is -2.59. The molecule has 6 N–H and O–H groups in total. The van der Waals surface area contributed by atoms with Gasteiger partial charge in [0.15, 0.2) is 12.6 Å². The predicted octanol–water partition coefficient (Wildman–Crippen LogP) is 7.75. The molecule has 2 amide bonds. The molecular formula is C73H87N13O17. The normalized spacial score (nSPS) is 16.3. The van der Waals surface area contributed by atoms with E-state index in [1.165, 1.54) is 37.4 Å². The van der Waals surface area contributed by atoms with Gasteiger partial charge in [-0.15, -0.1) is 10.2 Å². The second-order valence-electron chi connectivity index (χ2n) is 25.2. The lowest BCUT2D eigenvalue weighted by molar-refractivity contribution is -0.384. The number of nitrogens with zero attached hydrogens (tertiary/aromatic N) is 11. The van der Waals surface area contributed by atoms with Crippen molar-refractivity contribution in [2.45, 2.75) is 115 Å². The summed E-state index contributed by atoms with van der Waals surface area (Å²) in [5.74, 6) is -1.27. The first-order valence-electron chi connectivity index (χ1n) is 33.8. The van der Waals surface area contributed by atoms with Crippen LogP contribution in [0.1, 0.15) is 89.8 Å². The maximum atomic E-state index is 13.4. The van der Waals surface area contributed by atoms with Gasteiger partial charge in [-0.3, -0.25) is 24.5 Å². The Balaban J connectivity index is 0.663. The minimum Gasteiger partial charge on any atom is -0.545 e. The fraction of sp³-hybridized carbons (Fsp3) is 0.411. The Hall–Kier alpha value is -10.3. The van der Waals surface area contributed by atoms with E-state index in [4.69, 9.17) is 28.1 Å². The van der Waals surface area contributed by atoms with E-state index in [-0.39, 0.29) is 74.1 Å². The number of benzene rings is 6. The zero-order valence-corrected chi connectivity index (χ0v) is 58.5. The molecule has 30 heteroatoms. The van der Waals surface area contributed by atoms with Crippen LogP contribution < -0.4 is 40.2 Å². The van der Waals surface area contributed by atoms with Crippen molar-refractivity contribution in [1.82, 2.24) is 30.2 Å². The van der Waals surface area contributed by atoms with Crippen molar-refractivity contribution in [3.8, 4) is 28.2 Å². The monoisotopic (exact) mass is 1420 g/mol. The first-order chi connectivity index (χ1) is 49.6. The van der Waals surface area contributed by atoms with Crippen LogP contribution in [0.4, 0.5) is 39.8 Å². The Kier molecular flexibility index (Phi) is 27.6. The highest BCUT2D eigenvalue weighted by Crippen LogP contribution is 2.43. The van der Waals surface area contributed by atoms with Crippen molar-refractivity contribution in [2.75, 3.05) is 91.7 Å². The summed E-state index contributed by atoms with van der Waals surface area (Å²) in [6, 6.07) is 32.7. The number of aromatic carboxylic acids is 1. The molecule has 3 aliphatic rings. The number of amides is 2. The molecule has 3 heterocycles. The van der Waals surface area contributed by atoms with Crippen LogP contribution in [-0.2, 0) is 41.6 Å². The number of nitro benzene ring substituents is 1. The zero-order chi connectivity index (χ0) is 73.7. The second kappa shape index (κ2) is 37.0. The summed E-state index contributed by atoms with van der Waals surface area (Å²) in [6.45, 7) is 2.76. The summed E-state index contributed by atoms with van der Waals surface area (Å²) in [5, 5.41) is 98.0. The number of fused-ring (bicyclic) bond motifs is 2. The van der Waals surface area contributed by atoms with E-state index >= 15 is 0 Å². The standard InChI is InChI=1S/C73H87N13O17/c1-45-36-60(80-77-48-19-23-51(24-20-48)86(96)97)63(98-7)41-59(45)79-76-47-17-21-50(22-18-47)84(6)31-13-15-65(89)75-42-49-43-85(81-78-49)32-33-99-34-35-100-66(103-73-70(92)69(91)68(90)64(44-87)102-73)40-54(88)14-11-9-8-10-12-30-74-71(93)46-16-27-55(58(37-46)72(94)95)67-56-28-25-52(82(2)3)38-61(56)101-62-39-53(83(4)5)26-29-57(62)67/h16-29,36-39,41,43,64,66,68-70,73,87,90-92H,8-15,30-35,40,42,44H2,1-7H3,(H2-,74,75,89,93,94,95)/t64-,66?,68+,69+,70-,73-/m1/s1. The molecule has 0 radical (unpaired) electrons. The highest BCUT2D eigenvalue weighted by Gasteiger charge is 2.45. The first kappa shape index (κ1) is 76.9. The van der Waals surface area contributed by atoms with Gasteiger partial charge in [0.25, 0.3) is 11.6 Å². The van der Waals surface area contributed by atoms with Crippen molar-refractivity contribution >= 4 is 74.3 Å². The quantitative estimate of drug-likeness (QED) is 0.00412. The highest BCUT2D eigenvalue weighted by atomic mass is 16.8. The lowest BCUT2D eigenvalue weighted by atomic mass is 9.89. The fourth-order valence-corrected chi connectivity index (χ4v) is 11.4. The van der Waals surface area contributed by atoms with Crippen LogP contribution in [0.2, 0.25) is 0 Å². The van der Waals surface area contributed by atoms with Gasteiger partial charge in [0.05, 0.1) is 93.3 Å². The molecule has 1 fully saturated rings. The number of aromatic nitrogens is 3. The summed E-state index contributed by atoms with van der Waals surface area (Å²) in [7, 11) is 11.1. The molecule has 0 saturated carbocycles. The van der Waals surface area contributed by atoms with E-state index in [1.54, 1.807) is 35.1 Å². The van der Waals surface area contributed by atoms with Crippen LogP contribution in [0, 0.1) is 17.0 Å². The molecule has 6 aromatic rings. The number of methoxy groups -OCH3 is 1.